The molecule has 0 saturated heterocycles. The molecule has 0 amide bonds. The average Bonchev–Trinajstić information content (AvgIpc) is 3.64. The Morgan fingerprint density at radius 1 is 0.456 bits per heavy atom. The molecule has 57 heavy (non-hydrogen) atoms. The van der Waals surface area contributed by atoms with Crippen LogP contribution in [-0.2, 0) is 19.5 Å². The van der Waals surface area contributed by atoms with Gasteiger partial charge in [-0.3, -0.25) is 9.13 Å². The van der Waals surface area contributed by atoms with Gasteiger partial charge in [0, 0.05) is 36.2 Å². The van der Waals surface area contributed by atoms with Crippen LogP contribution in [0.4, 0.5) is 0 Å². The Bertz CT molecular complexity index is 3350. The molecule has 5 nitrogen and oxygen atoms in total. The molecule has 0 unspecified atom stereocenters. The van der Waals surface area contributed by atoms with Crippen LogP contribution in [0.3, 0.4) is 0 Å². The maximum absolute atomic E-state index is 12.6. The first-order valence-electron chi connectivity index (χ1n) is 19.5. The zero-order valence-electron chi connectivity index (χ0n) is 32.2. The van der Waals surface area contributed by atoms with Gasteiger partial charge in [-0.25, -0.2) is 14.8 Å². The standard InChI is InChI=1S/C52H38N4O/c1-52(2)42-29-41(37-18-9-11-19-38(37)47(42)48-39-20-12-8-16-35(39)36-17-10-13-21-40(36)49(48)52)44-30-43(53-50(54-44)33-14-6-5-7-15-33)32-24-22-31(23-25-32)34-26-27-45-46(28-34)56(4)51(57)55(45)3/h5-30H,1-4H3. The van der Waals surface area contributed by atoms with E-state index in [2.05, 4.69) is 147 Å². The number of imidazole rings is 1. The Morgan fingerprint density at radius 3 is 1.72 bits per heavy atom. The van der Waals surface area contributed by atoms with Gasteiger partial charge in [0.25, 0.3) is 0 Å². The predicted molar refractivity (Wildman–Crippen MR) is 236 cm³/mol. The molecule has 2 heterocycles. The van der Waals surface area contributed by atoms with Crippen LogP contribution in [0.25, 0.3) is 99.5 Å². The van der Waals surface area contributed by atoms with Crippen LogP contribution >= 0.6 is 0 Å². The van der Waals surface area contributed by atoms with Crippen molar-refractivity contribution < 1.29 is 0 Å². The number of hydrogen-bond acceptors (Lipinski definition) is 3. The number of aryl methyl sites for hydroxylation is 2. The Morgan fingerprint density at radius 2 is 1.00 bits per heavy atom. The SMILES string of the molecule is Cn1c(=O)n(C)c2cc(-c3ccc(-c4cc(-c5cc6c(c7ccccc57)-c5c(c7ccccc7c7ccccc57)C6(C)C)nc(-c5ccccc5)n4)cc3)ccc21. The van der Waals surface area contributed by atoms with E-state index in [0.717, 1.165) is 50.2 Å². The van der Waals surface area contributed by atoms with Gasteiger partial charge in [0.15, 0.2) is 5.82 Å². The number of hydrogen-bond donors (Lipinski definition) is 0. The summed E-state index contributed by atoms with van der Waals surface area (Å²) < 4.78 is 3.39. The van der Waals surface area contributed by atoms with Gasteiger partial charge in [0.1, 0.15) is 0 Å². The summed E-state index contributed by atoms with van der Waals surface area (Å²) in [5.41, 5.74) is 13.8. The van der Waals surface area contributed by atoms with Crippen molar-refractivity contribution in [2.75, 3.05) is 0 Å². The van der Waals surface area contributed by atoms with Gasteiger partial charge in [-0.2, -0.15) is 0 Å². The third kappa shape index (κ3) is 4.85. The summed E-state index contributed by atoms with van der Waals surface area (Å²) in [6.45, 7) is 4.77. The Labute approximate surface area is 330 Å². The summed E-state index contributed by atoms with van der Waals surface area (Å²) in [4.78, 5) is 23.2. The maximum Gasteiger partial charge on any atom is 0.328 e. The summed E-state index contributed by atoms with van der Waals surface area (Å²) in [5.74, 6) is 0.687. The van der Waals surface area contributed by atoms with Crippen molar-refractivity contribution in [3.8, 4) is 56.2 Å². The van der Waals surface area contributed by atoms with Gasteiger partial charge < -0.3 is 0 Å². The van der Waals surface area contributed by atoms with Crippen LogP contribution in [0.5, 0.6) is 0 Å². The van der Waals surface area contributed by atoms with E-state index in [1.807, 2.05) is 38.4 Å². The maximum atomic E-state index is 12.6. The molecule has 0 N–H and O–H groups in total. The third-order valence-corrected chi connectivity index (χ3v) is 12.3. The molecule has 2 aromatic heterocycles. The minimum atomic E-state index is -0.268. The monoisotopic (exact) mass is 734 g/mol. The van der Waals surface area contributed by atoms with Crippen LogP contribution in [0.2, 0.25) is 0 Å². The summed E-state index contributed by atoms with van der Waals surface area (Å²) in [6, 6.07) is 56.2. The minimum absolute atomic E-state index is 0.0301. The van der Waals surface area contributed by atoms with E-state index in [0.29, 0.717) is 5.82 Å². The van der Waals surface area contributed by atoms with Crippen LogP contribution in [-0.4, -0.2) is 19.1 Å². The van der Waals surface area contributed by atoms with Gasteiger partial charge in [0.05, 0.1) is 22.4 Å². The fraction of sp³-hybridized carbons (Fsp3) is 0.0962. The second-order valence-corrected chi connectivity index (χ2v) is 15.9. The van der Waals surface area contributed by atoms with E-state index in [4.69, 9.17) is 9.97 Å². The predicted octanol–water partition coefficient (Wildman–Crippen LogP) is 12.1. The zero-order valence-corrected chi connectivity index (χ0v) is 32.2. The molecule has 0 spiro atoms. The van der Waals surface area contributed by atoms with Crippen LogP contribution in [0.15, 0.2) is 163 Å². The molecule has 0 radical (unpaired) electrons. The topological polar surface area (TPSA) is 52.7 Å². The molecule has 0 aliphatic heterocycles. The van der Waals surface area contributed by atoms with Crippen molar-refractivity contribution in [1.29, 1.82) is 0 Å². The van der Waals surface area contributed by atoms with Crippen LogP contribution in [0.1, 0.15) is 25.0 Å². The normalized spacial score (nSPS) is 13.1. The molecule has 8 aromatic carbocycles. The summed E-state index contributed by atoms with van der Waals surface area (Å²) in [6.07, 6.45) is 0. The highest BCUT2D eigenvalue weighted by molar-refractivity contribution is 6.22. The smallest absolute Gasteiger partial charge is 0.295 e. The highest BCUT2D eigenvalue weighted by atomic mass is 16.1. The Balaban J connectivity index is 1.12. The summed E-state index contributed by atoms with van der Waals surface area (Å²) >= 11 is 0. The van der Waals surface area contributed by atoms with Crippen molar-refractivity contribution in [3.05, 3.63) is 179 Å². The molecule has 1 aliphatic rings. The number of fused-ring (bicyclic) bond motifs is 11. The lowest BCUT2D eigenvalue weighted by atomic mass is 9.78. The average molecular weight is 735 g/mol. The van der Waals surface area contributed by atoms with E-state index in [1.54, 1.807) is 9.13 Å². The van der Waals surface area contributed by atoms with Crippen molar-refractivity contribution in [1.82, 2.24) is 19.1 Å². The highest BCUT2D eigenvalue weighted by Gasteiger charge is 2.40. The largest absolute Gasteiger partial charge is 0.328 e. The van der Waals surface area contributed by atoms with Crippen LogP contribution < -0.4 is 5.69 Å². The molecule has 10 aromatic rings. The lowest BCUT2D eigenvalue weighted by molar-refractivity contribution is 0.667. The quantitative estimate of drug-likeness (QED) is 0.169. The number of benzene rings is 8. The highest BCUT2D eigenvalue weighted by Crippen LogP contribution is 2.57. The van der Waals surface area contributed by atoms with E-state index in [1.165, 1.54) is 54.6 Å². The molecule has 0 atom stereocenters. The van der Waals surface area contributed by atoms with Gasteiger partial charge in [0.2, 0.25) is 0 Å². The molecule has 0 bridgehead atoms. The molecule has 0 fully saturated rings. The molecule has 11 rings (SSSR count). The first-order valence-corrected chi connectivity index (χ1v) is 19.5. The van der Waals surface area contributed by atoms with Crippen LogP contribution in [0, 0.1) is 0 Å². The lowest BCUT2D eigenvalue weighted by Gasteiger charge is -2.24. The van der Waals surface area contributed by atoms with E-state index >= 15 is 0 Å². The fourth-order valence-electron chi connectivity index (χ4n) is 9.50. The second-order valence-electron chi connectivity index (χ2n) is 15.9. The molecular formula is C52H38N4O. The van der Waals surface area contributed by atoms with Gasteiger partial charge in [-0.15, -0.1) is 0 Å². The molecular weight excluding hydrogens is 697 g/mol. The number of rotatable bonds is 4. The molecule has 1 aliphatic carbocycles. The van der Waals surface area contributed by atoms with Gasteiger partial charge in [-0.1, -0.05) is 147 Å². The second kappa shape index (κ2) is 12.2. The van der Waals surface area contributed by atoms with Crippen molar-refractivity contribution >= 4 is 43.4 Å². The first-order chi connectivity index (χ1) is 27.8. The van der Waals surface area contributed by atoms with Crippen molar-refractivity contribution in [3.63, 3.8) is 0 Å². The van der Waals surface area contributed by atoms with Gasteiger partial charge in [-0.05, 0) is 90.0 Å². The third-order valence-electron chi connectivity index (χ3n) is 12.3. The zero-order chi connectivity index (χ0) is 38.6. The van der Waals surface area contributed by atoms with E-state index in [-0.39, 0.29) is 11.1 Å². The Hall–Kier alpha value is -7.11. The van der Waals surface area contributed by atoms with E-state index in [9.17, 15) is 4.79 Å². The summed E-state index contributed by atoms with van der Waals surface area (Å²) in [5, 5.41) is 7.58. The molecule has 5 heteroatoms. The molecule has 272 valence electrons. The van der Waals surface area contributed by atoms with Gasteiger partial charge >= 0.3 is 5.69 Å². The fourth-order valence-corrected chi connectivity index (χ4v) is 9.50. The van der Waals surface area contributed by atoms with Crippen molar-refractivity contribution in [2.24, 2.45) is 14.1 Å². The Kier molecular flexibility index (Phi) is 7.11. The van der Waals surface area contributed by atoms with E-state index < -0.39 is 0 Å². The molecule has 0 saturated carbocycles. The minimum Gasteiger partial charge on any atom is -0.295 e. The summed E-state index contributed by atoms with van der Waals surface area (Å²) in [7, 11) is 3.64. The number of nitrogens with zero attached hydrogens (tertiary/aromatic N) is 4. The first kappa shape index (κ1) is 33.2. The van der Waals surface area contributed by atoms with Crippen molar-refractivity contribution in [2.45, 2.75) is 19.3 Å². The number of aromatic nitrogens is 4. The lowest BCUT2D eigenvalue weighted by Crippen LogP contribution is -2.19.